The van der Waals surface area contributed by atoms with Gasteiger partial charge in [-0.3, -0.25) is 10.1 Å². The van der Waals surface area contributed by atoms with Crippen LogP contribution in [-0.2, 0) is 10.0 Å². The number of nitrogens with zero attached hydrogens (tertiary/aromatic N) is 1. The molecule has 0 spiro atoms. The van der Waals surface area contributed by atoms with E-state index in [1.54, 1.807) is 12.2 Å². The summed E-state index contributed by atoms with van der Waals surface area (Å²) in [6.45, 7) is 0.0579. The average molecular weight is 325 g/mol. The summed E-state index contributed by atoms with van der Waals surface area (Å²) in [6.07, 6.45) is 3.13. The van der Waals surface area contributed by atoms with Gasteiger partial charge < -0.3 is 0 Å². The lowest BCUT2D eigenvalue weighted by Crippen LogP contribution is -2.24. The summed E-state index contributed by atoms with van der Waals surface area (Å²) in [5.41, 5.74) is -0.272. The Balaban J connectivity index is 2.96. The van der Waals surface area contributed by atoms with Gasteiger partial charge >= 0.3 is 0 Å². The van der Waals surface area contributed by atoms with Crippen molar-refractivity contribution in [1.82, 2.24) is 4.72 Å². The topological polar surface area (TPSA) is 89.3 Å². The van der Waals surface area contributed by atoms with Gasteiger partial charge in [-0.15, -0.1) is 11.6 Å². The fourth-order valence-electron chi connectivity index (χ4n) is 1.20. The Hall–Kier alpha value is -1.15. The van der Waals surface area contributed by atoms with Crippen molar-refractivity contribution in [2.24, 2.45) is 0 Å². The summed E-state index contributed by atoms with van der Waals surface area (Å²) in [7, 11) is -3.81. The Morgan fingerprint density at radius 3 is 2.58 bits per heavy atom. The van der Waals surface area contributed by atoms with Crippen molar-refractivity contribution in [1.29, 1.82) is 0 Å². The van der Waals surface area contributed by atoms with Crippen LogP contribution in [0, 0.1) is 10.1 Å². The predicted octanol–water partition coefficient (Wildman–Crippen LogP) is 2.32. The van der Waals surface area contributed by atoms with E-state index in [1.807, 2.05) is 0 Å². The van der Waals surface area contributed by atoms with E-state index >= 15 is 0 Å². The van der Waals surface area contributed by atoms with Crippen LogP contribution in [0.1, 0.15) is 0 Å². The number of allylic oxidation sites excluding steroid dienone is 1. The molecule has 6 nitrogen and oxygen atoms in total. The quantitative estimate of drug-likeness (QED) is 0.376. The highest BCUT2D eigenvalue weighted by Crippen LogP contribution is 2.25. The molecule has 0 aliphatic rings. The molecule has 0 radical (unpaired) electrons. The van der Waals surface area contributed by atoms with Gasteiger partial charge in [0.1, 0.15) is 4.90 Å². The maximum atomic E-state index is 11.9. The molecule has 0 bridgehead atoms. The molecule has 0 aromatic heterocycles. The smallest absolute Gasteiger partial charge is 0.258 e. The molecule has 1 rings (SSSR count). The Labute approximate surface area is 120 Å². The summed E-state index contributed by atoms with van der Waals surface area (Å²) in [5.74, 6) is 0.278. The summed E-state index contributed by atoms with van der Waals surface area (Å²) in [5, 5.41) is 10.3. The SMILES string of the molecule is O=[N+]([O-])c1ccc(S(=O)(=O)NC/C=C/CCl)c(Cl)c1. The summed E-state index contributed by atoms with van der Waals surface area (Å²) in [4.78, 5) is 9.66. The molecule has 9 heteroatoms. The van der Waals surface area contributed by atoms with Crippen molar-refractivity contribution in [3.8, 4) is 0 Å². The first kappa shape index (κ1) is 15.9. The third-order valence-electron chi connectivity index (χ3n) is 2.06. The lowest BCUT2D eigenvalue weighted by atomic mass is 10.3. The van der Waals surface area contributed by atoms with Gasteiger partial charge in [0.25, 0.3) is 5.69 Å². The minimum Gasteiger partial charge on any atom is -0.258 e. The minimum atomic E-state index is -3.81. The number of hydrogen-bond donors (Lipinski definition) is 1. The van der Waals surface area contributed by atoms with E-state index in [9.17, 15) is 18.5 Å². The second-order valence-corrected chi connectivity index (χ2v) is 5.80. The zero-order valence-corrected chi connectivity index (χ0v) is 11.9. The Bertz CT molecular complexity index is 602. The van der Waals surface area contributed by atoms with Crippen LogP contribution in [0.4, 0.5) is 5.69 Å². The Morgan fingerprint density at radius 1 is 1.37 bits per heavy atom. The standard InChI is InChI=1S/C10H10Cl2N2O4S/c11-5-1-2-6-13-19(17,18)10-4-3-8(14(15)16)7-9(10)12/h1-4,7,13H,5-6H2/b2-1+. The fourth-order valence-corrected chi connectivity index (χ4v) is 2.84. The number of nitro benzene ring substituents is 1. The van der Waals surface area contributed by atoms with Crippen LogP contribution in [0.25, 0.3) is 0 Å². The van der Waals surface area contributed by atoms with Crippen molar-refractivity contribution in [3.05, 3.63) is 45.5 Å². The fraction of sp³-hybridized carbons (Fsp3) is 0.200. The lowest BCUT2D eigenvalue weighted by Gasteiger charge is -2.06. The molecule has 0 fully saturated rings. The molecule has 0 atom stereocenters. The largest absolute Gasteiger partial charge is 0.271 e. The van der Waals surface area contributed by atoms with Crippen LogP contribution in [0.15, 0.2) is 35.2 Å². The number of sulfonamides is 1. The van der Waals surface area contributed by atoms with Gasteiger partial charge in [0.05, 0.1) is 9.95 Å². The van der Waals surface area contributed by atoms with Crippen LogP contribution in [0.5, 0.6) is 0 Å². The van der Waals surface area contributed by atoms with E-state index < -0.39 is 14.9 Å². The van der Waals surface area contributed by atoms with Crippen molar-refractivity contribution in [2.75, 3.05) is 12.4 Å². The van der Waals surface area contributed by atoms with Crippen LogP contribution in [0.2, 0.25) is 5.02 Å². The number of nitrogens with one attached hydrogen (secondary N) is 1. The number of non-ortho nitro benzene ring substituents is 1. The number of benzene rings is 1. The van der Waals surface area contributed by atoms with E-state index in [-0.39, 0.29) is 28.0 Å². The lowest BCUT2D eigenvalue weighted by molar-refractivity contribution is -0.384. The highest BCUT2D eigenvalue weighted by Gasteiger charge is 2.19. The number of rotatable bonds is 6. The molecule has 0 heterocycles. The van der Waals surface area contributed by atoms with Gasteiger partial charge in [0.15, 0.2) is 0 Å². The zero-order valence-electron chi connectivity index (χ0n) is 9.55. The average Bonchev–Trinajstić information content (AvgIpc) is 2.34. The van der Waals surface area contributed by atoms with Crippen LogP contribution >= 0.6 is 23.2 Å². The van der Waals surface area contributed by atoms with E-state index in [4.69, 9.17) is 23.2 Å². The molecular weight excluding hydrogens is 315 g/mol. The number of halogens is 2. The van der Waals surface area contributed by atoms with Gasteiger partial charge in [-0.2, -0.15) is 0 Å². The number of alkyl halides is 1. The third-order valence-corrected chi connectivity index (χ3v) is 4.15. The summed E-state index contributed by atoms with van der Waals surface area (Å²) < 4.78 is 26.0. The van der Waals surface area contributed by atoms with E-state index in [2.05, 4.69) is 4.72 Å². The predicted molar refractivity (Wildman–Crippen MR) is 73.2 cm³/mol. The van der Waals surface area contributed by atoms with Gasteiger partial charge in [-0.1, -0.05) is 23.8 Å². The molecule has 0 aliphatic heterocycles. The Morgan fingerprint density at radius 2 is 2.05 bits per heavy atom. The first-order valence-corrected chi connectivity index (χ1v) is 7.42. The number of nitro groups is 1. The van der Waals surface area contributed by atoms with Gasteiger partial charge in [-0.05, 0) is 6.07 Å². The normalized spacial score (nSPS) is 11.9. The molecule has 104 valence electrons. The van der Waals surface area contributed by atoms with Crippen LogP contribution in [-0.4, -0.2) is 25.8 Å². The molecule has 0 amide bonds. The molecule has 0 aliphatic carbocycles. The van der Waals surface area contributed by atoms with Crippen molar-refractivity contribution >= 4 is 38.9 Å². The molecule has 0 saturated carbocycles. The van der Waals surface area contributed by atoms with Crippen molar-refractivity contribution in [3.63, 3.8) is 0 Å². The maximum absolute atomic E-state index is 11.9. The zero-order chi connectivity index (χ0) is 14.5. The number of hydrogen-bond acceptors (Lipinski definition) is 4. The van der Waals surface area contributed by atoms with Crippen molar-refractivity contribution in [2.45, 2.75) is 4.90 Å². The first-order valence-electron chi connectivity index (χ1n) is 5.03. The highest BCUT2D eigenvalue weighted by atomic mass is 35.5. The van der Waals surface area contributed by atoms with Crippen molar-refractivity contribution < 1.29 is 13.3 Å². The minimum absolute atomic E-state index is 0.0579. The maximum Gasteiger partial charge on any atom is 0.271 e. The van der Waals surface area contributed by atoms with Gasteiger partial charge in [0.2, 0.25) is 10.0 Å². The molecule has 19 heavy (non-hydrogen) atoms. The second-order valence-electron chi connectivity index (χ2n) is 3.35. The van der Waals surface area contributed by atoms with Gasteiger partial charge in [0, 0.05) is 24.6 Å². The van der Waals surface area contributed by atoms with E-state index in [0.717, 1.165) is 18.2 Å². The van der Waals surface area contributed by atoms with E-state index in [0.29, 0.717) is 0 Å². The molecule has 1 N–H and O–H groups in total. The molecule has 0 saturated heterocycles. The highest BCUT2D eigenvalue weighted by molar-refractivity contribution is 7.89. The van der Waals surface area contributed by atoms with Crippen LogP contribution in [0.3, 0.4) is 0 Å². The summed E-state index contributed by atoms with van der Waals surface area (Å²) >= 11 is 11.1. The third kappa shape index (κ3) is 4.46. The molecule has 1 aromatic rings. The monoisotopic (exact) mass is 324 g/mol. The molecule has 1 aromatic carbocycles. The van der Waals surface area contributed by atoms with E-state index in [1.165, 1.54) is 0 Å². The van der Waals surface area contributed by atoms with Gasteiger partial charge in [-0.25, -0.2) is 13.1 Å². The van der Waals surface area contributed by atoms with Crippen LogP contribution < -0.4 is 4.72 Å². The first-order chi connectivity index (χ1) is 8.88. The molecular formula is C10H10Cl2N2O4S. The molecule has 0 unspecified atom stereocenters. The second kappa shape index (κ2) is 6.85. The Kier molecular flexibility index (Phi) is 5.74. The summed E-state index contributed by atoms with van der Waals surface area (Å²) in [6, 6.07) is 3.16.